The first-order chi connectivity index (χ1) is 12.5. The van der Waals surface area contributed by atoms with Crippen LogP contribution in [0.15, 0.2) is 18.2 Å². The first kappa shape index (κ1) is 19.0. The van der Waals surface area contributed by atoms with Gasteiger partial charge in [0.05, 0.1) is 26.8 Å². The van der Waals surface area contributed by atoms with Crippen molar-refractivity contribution in [1.29, 1.82) is 0 Å². The Labute approximate surface area is 156 Å². The quantitative estimate of drug-likeness (QED) is 0.840. The predicted octanol–water partition coefficient (Wildman–Crippen LogP) is 2.04. The van der Waals surface area contributed by atoms with Crippen molar-refractivity contribution in [2.24, 2.45) is 11.1 Å². The minimum atomic E-state index is 0.116. The first-order valence-corrected chi connectivity index (χ1v) is 9.43. The van der Waals surface area contributed by atoms with Crippen molar-refractivity contribution in [3.05, 3.63) is 23.8 Å². The molecule has 2 aliphatic rings. The second kappa shape index (κ2) is 7.84. The van der Waals surface area contributed by atoms with Gasteiger partial charge in [-0.25, -0.2) is 0 Å². The molecule has 0 bridgehead atoms. The van der Waals surface area contributed by atoms with Crippen LogP contribution in [0.3, 0.4) is 0 Å². The number of benzene rings is 1. The summed E-state index contributed by atoms with van der Waals surface area (Å²) in [6.07, 6.45) is 3.09. The number of ether oxygens (including phenoxy) is 2. The molecule has 1 amide bonds. The fourth-order valence-electron chi connectivity index (χ4n) is 4.18. The Morgan fingerprint density at radius 1 is 1.27 bits per heavy atom. The maximum absolute atomic E-state index is 13.0. The molecule has 144 valence electrons. The fraction of sp³-hybridized carbons (Fsp3) is 0.650. The molecule has 2 fully saturated rings. The molecule has 1 aromatic carbocycles. The number of carbonyl (C=O) groups is 1. The molecule has 2 N–H and O–H groups in total. The number of nitrogens with two attached hydrogens (primary N) is 1. The number of methoxy groups -OCH3 is 2. The van der Waals surface area contributed by atoms with Crippen molar-refractivity contribution < 1.29 is 14.3 Å². The zero-order valence-electron chi connectivity index (χ0n) is 16.2. The third-order valence-corrected chi connectivity index (χ3v) is 5.85. The van der Waals surface area contributed by atoms with E-state index >= 15 is 0 Å². The fourth-order valence-corrected chi connectivity index (χ4v) is 4.18. The van der Waals surface area contributed by atoms with E-state index in [1.165, 1.54) is 0 Å². The first-order valence-electron chi connectivity index (χ1n) is 9.43. The van der Waals surface area contributed by atoms with Crippen LogP contribution in [0.2, 0.25) is 0 Å². The van der Waals surface area contributed by atoms with Crippen molar-refractivity contribution in [2.75, 3.05) is 46.9 Å². The van der Waals surface area contributed by atoms with Crippen LogP contribution in [0, 0.1) is 5.41 Å². The molecule has 0 radical (unpaired) electrons. The lowest BCUT2D eigenvalue weighted by atomic mass is 9.90. The summed E-state index contributed by atoms with van der Waals surface area (Å²) in [5, 5.41) is 0. The van der Waals surface area contributed by atoms with Crippen LogP contribution in [0.4, 0.5) is 0 Å². The second-order valence-electron chi connectivity index (χ2n) is 7.84. The van der Waals surface area contributed by atoms with Gasteiger partial charge in [-0.2, -0.15) is 0 Å². The van der Waals surface area contributed by atoms with Gasteiger partial charge in [-0.3, -0.25) is 9.69 Å². The minimum absolute atomic E-state index is 0.116. The lowest BCUT2D eigenvalue weighted by Crippen LogP contribution is -2.40. The largest absolute Gasteiger partial charge is 0.493 e. The predicted molar refractivity (Wildman–Crippen MR) is 101 cm³/mol. The van der Waals surface area contributed by atoms with E-state index in [-0.39, 0.29) is 17.4 Å². The molecule has 2 aliphatic heterocycles. The number of rotatable bonds is 6. The topological polar surface area (TPSA) is 68.0 Å². The molecule has 2 saturated heterocycles. The van der Waals surface area contributed by atoms with E-state index in [1.54, 1.807) is 14.2 Å². The third-order valence-electron chi connectivity index (χ3n) is 5.85. The van der Waals surface area contributed by atoms with E-state index in [1.807, 2.05) is 23.1 Å². The standard InChI is InChI=1S/C20H31N3O3/c1-20(13-21)8-10-22(14-20)12-19(24)23-9-4-5-16(23)15-6-7-17(25-2)18(11-15)26-3/h6-7,11,16H,4-5,8-10,12-14,21H2,1-3H3. The Kier molecular flexibility index (Phi) is 5.73. The van der Waals surface area contributed by atoms with E-state index in [4.69, 9.17) is 15.2 Å². The second-order valence-corrected chi connectivity index (χ2v) is 7.84. The summed E-state index contributed by atoms with van der Waals surface area (Å²) in [6, 6.07) is 6.07. The van der Waals surface area contributed by atoms with Crippen LogP contribution in [0.5, 0.6) is 11.5 Å². The van der Waals surface area contributed by atoms with Gasteiger partial charge < -0.3 is 20.1 Å². The molecule has 2 unspecified atom stereocenters. The summed E-state index contributed by atoms with van der Waals surface area (Å²) >= 11 is 0. The summed E-state index contributed by atoms with van der Waals surface area (Å²) in [5.74, 6) is 1.64. The average Bonchev–Trinajstić information content (AvgIpc) is 3.28. The molecule has 0 aliphatic carbocycles. The average molecular weight is 361 g/mol. The molecule has 1 aromatic rings. The molecule has 0 spiro atoms. The molecule has 6 nitrogen and oxygen atoms in total. The van der Waals surface area contributed by atoms with E-state index in [9.17, 15) is 4.79 Å². The van der Waals surface area contributed by atoms with E-state index in [0.717, 1.165) is 44.5 Å². The number of carbonyl (C=O) groups excluding carboxylic acids is 1. The zero-order valence-corrected chi connectivity index (χ0v) is 16.2. The Balaban J connectivity index is 1.69. The monoisotopic (exact) mass is 361 g/mol. The number of nitrogens with zero attached hydrogens (tertiary/aromatic N) is 2. The van der Waals surface area contributed by atoms with Crippen molar-refractivity contribution in [3.63, 3.8) is 0 Å². The molecule has 26 heavy (non-hydrogen) atoms. The summed E-state index contributed by atoms with van der Waals surface area (Å²) in [4.78, 5) is 17.2. The van der Waals surface area contributed by atoms with Crippen LogP contribution < -0.4 is 15.2 Å². The van der Waals surface area contributed by atoms with Gasteiger partial charge >= 0.3 is 0 Å². The van der Waals surface area contributed by atoms with Crippen LogP contribution in [-0.4, -0.2) is 62.7 Å². The maximum Gasteiger partial charge on any atom is 0.237 e. The lowest BCUT2D eigenvalue weighted by Gasteiger charge is -2.28. The van der Waals surface area contributed by atoms with Crippen LogP contribution in [-0.2, 0) is 4.79 Å². The van der Waals surface area contributed by atoms with Gasteiger partial charge in [-0.1, -0.05) is 13.0 Å². The Hall–Kier alpha value is -1.79. The molecule has 0 saturated carbocycles. The molecular formula is C20H31N3O3. The molecule has 0 aromatic heterocycles. The summed E-state index contributed by atoms with van der Waals surface area (Å²) in [5.41, 5.74) is 7.15. The molecule has 2 atom stereocenters. The lowest BCUT2D eigenvalue weighted by molar-refractivity contribution is -0.133. The van der Waals surface area contributed by atoms with Crippen molar-refractivity contribution in [2.45, 2.75) is 32.2 Å². The van der Waals surface area contributed by atoms with E-state index in [0.29, 0.717) is 24.6 Å². The highest BCUT2D eigenvalue weighted by Crippen LogP contribution is 2.37. The van der Waals surface area contributed by atoms with Crippen LogP contribution in [0.1, 0.15) is 37.8 Å². The van der Waals surface area contributed by atoms with Gasteiger partial charge in [0.1, 0.15) is 0 Å². The van der Waals surface area contributed by atoms with Gasteiger partial charge in [-0.15, -0.1) is 0 Å². The summed E-state index contributed by atoms with van der Waals surface area (Å²) < 4.78 is 10.8. The van der Waals surface area contributed by atoms with E-state index in [2.05, 4.69) is 11.8 Å². The maximum atomic E-state index is 13.0. The Morgan fingerprint density at radius 3 is 2.69 bits per heavy atom. The number of amides is 1. The van der Waals surface area contributed by atoms with Crippen LogP contribution >= 0.6 is 0 Å². The number of likely N-dealkylation sites (tertiary alicyclic amines) is 2. The highest BCUT2D eigenvalue weighted by atomic mass is 16.5. The number of hydrogen-bond donors (Lipinski definition) is 1. The highest BCUT2D eigenvalue weighted by molar-refractivity contribution is 5.79. The van der Waals surface area contributed by atoms with Crippen molar-refractivity contribution in [3.8, 4) is 11.5 Å². The molecular weight excluding hydrogens is 330 g/mol. The number of hydrogen-bond acceptors (Lipinski definition) is 5. The molecule has 2 heterocycles. The normalized spacial score (nSPS) is 26.3. The van der Waals surface area contributed by atoms with Gasteiger partial charge in [0.15, 0.2) is 11.5 Å². The van der Waals surface area contributed by atoms with Gasteiger partial charge in [-0.05, 0) is 55.5 Å². The Morgan fingerprint density at radius 2 is 2.04 bits per heavy atom. The molecule has 3 rings (SSSR count). The minimum Gasteiger partial charge on any atom is -0.493 e. The molecule has 6 heteroatoms. The summed E-state index contributed by atoms with van der Waals surface area (Å²) in [6.45, 7) is 6.05. The zero-order chi connectivity index (χ0) is 18.7. The SMILES string of the molecule is COc1ccc(C2CCCN2C(=O)CN2CCC(C)(CN)C2)cc1OC. The van der Waals surface area contributed by atoms with Gasteiger partial charge in [0.2, 0.25) is 5.91 Å². The van der Waals surface area contributed by atoms with Gasteiger partial charge in [0.25, 0.3) is 0 Å². The van der Waals surface area contributed by atoms with Gasteiger partial charge in [0, 0.05) is 13.1 Å². The van der Waals surface area contributed by atoms with Crippen LogP contribution in [0.25, 0.3) is 0 Å². The van der Waals surface area contributed by atoms with Crippen molar-refractivity contribution >= 4 is 5.91 Å². The smallest absolute Gasteiger partial charge is 0.237 e. The summed E-state index contributed by atoms with van der Waals surface area (Å²) in [7, 11) is 3.27. The Bertz CT molecular complexity index is 651. The van der Waals surface area contributed by atoms with E-state index < -0.39 is 0 Å². The highest BCUT2D eigenvalue weighted by Gasteiger charge is 2.36. The third kappa shape index (κ3) is 3.81. The van der Waals surface area contributed by atoms with Crippen molar-refractivity contribution in [1.82, 2.24) is 9.80 Å².